The van der Waals surface area contributed by atoms with Gasteiger partial charge in [-0.2, -0.15) is 0 Å². The van der Waals surface area contributed by atoms with Crippen molar-refractivity contribution in [2.75, 3.05) is 19.6 Å². The fraction of sp³-hybridized carbons (Fsp3) is 0.296. The Morgan fingerprint density at radius 2 is 1.82 bits per heavy atom. The summed E-state index contributed by atoms with van der Waals surface area (Å²) in [6.45, 7) is 4.90. The van der Waals surface area contributed by atoms with Gasteiger partial charge in [0.15, 0.2) is 0 Å². The molecule has 0 bridgehead atoms. The molecule has 170 valence electrons. The maximum atomic E-state index is 13.5. The van der Waals surface area contributed by atoms with Crippen molar-refractivity contribution < 1.29 is 14.0 Å². The van der Waals surface area contributed by atoms with Crippen LogP contribution < -0.4 is 5.32 Å². The van der Waals surface area contributed by atoms with E-state index in [1.807, 2.05) is 56.4 Å². The normalized spacial score (nSPS) is 16.8. The number of rotatable bonds is 5. The number of carbonyl (C=O) groups is 2. The minimum Gasteiger partial charge on any atom is -0.354 e. The van der Waals surface area contributed by atoms with Crippen LogP contribution in [0.15, 0.2) is 73.1 Å². The molecule has 2 amide bonds. The lowest BCUT2D eigenvalue weighted by Crippen LogP contribution is -2.46. The highest BCUT2D eigenvalue weighted by molar-refractivity contribution is 5.88. The van der Waals surface area contributed by atoms with Gasteiger partial charge in [0.2, 0.25) is 11.8 Å². The third-order valence-corrected chi connectivity index (χ3v) is 6.31. The fourth-order valence-corrected chi connectivity index (χ4v) is 4.28. The van der Waals surface area contributed by atoms with E-state index in [-0.39, 0.29) is 23.5 Å². The van der Waals surface area contributed by atoms with E-state index in [1.54, 1.807) is 23.2 Å². The summed E-state index contributed by atoms with van der Waals surface area (Å²) in [6.07, 6.45) is 4.10. The van der Waals surface area contributed by atoms with E-state index in [9.17, 15) is 14.0 Å². The number of aromatic nitrogens is 1. The summed E-state index contributed by atoms with van der Waals surface area (Å²) in [4.78, 5) is 32.1. The Morgan fingerprint density at radius 1 is 1.09 bits per heavy atom. The van der Waals surface area contributed by atoms with E-state index in [1.165, 1.54) is 12.1 Å². The number of nitrogens with zero attached hydrogens (tertiary/aromatic N) is 2. The van der Waals surface area contributed by atoms with Crippen molar-refractivity contribution in [3.63, 3.8) is 0 Å². The molecular formula is C27H28FN3O2. The van der Waals surface area contributed by atoms with Gasteiger partial charge in [0.1, 0.15) is 5.82 Å². The SMILES string of the molecule is CC(C)(C(=O)N1CCNC(=O)C(Cc2ccc(-c3cccnc3)cc2)C1)c1ccc(F)cc1. The second-order valence-electron chi connectivity index (χ2n) is 9.01. The zero-order chi connectivity index (χ0) is 23.4. The van der Waals surface area contributed by atoms with E-state index < -0.39 is 5.41 Å². The van der Waals surface area contributed by atoms with E-state index in [0.29, 0.717) is 26.1 Å². The van der Waals surface area contributed by atoms with Crippen LogP contribution in [0.2, 0.25) is 0 Å². The minimum absolute atomic E-state index is 0.0405. The molecule has 1 aliphatic rings. The Bertz CT molecular complexity index is 1110. The van der Waals surface area contributed by atoms with Gasteiger partial charge in [-0.05, 0) is 60.7 Å². The summed E-state index contributed by atoms with van der Waals surface area (Å²) in [6, 6.07) is 18.1. The summed E-state index contributed by atoms with van der Waals surface area (Å²) >= 11 is 0. The first-order chi connectivity index (χ1) is 15.8. The molecule has 5 nitrogen and oxygen atoms in total. The second kappa shape index (κ2) is 9.53. The van der Waals surface area contributed by atoms with E-state index >= 15 is 0 Å². The molecule has 0 spiro atoms. The molecule has 1 aromatic heterocycles. The van der Waals surface area contributed by atoms with Crippen LogP contribution in [0.1, 0.15) is 25.0 Å². The quantitative estimate of drug-likeness (QED) is 0.646. The lowest BCUT2D eigenvalue weighted by atomic mass is 9.83. The molecule has 3 aromatic rings. The van der Waals surface area contributed by atoms with Crippen molar-refractivity contribution in [1.82, 2.24) is 15.2 Å². The number of halogens is 1. The molecule has 1 saturated heterocycles. The van der Waals surface area contributed by atoms with Crippen molar-refractivity contribution in [1.29, 1.82) is 0 Å². The van der Waals surface area contributed by atoms with Gasteiger partial charge in [0, 0.05) is 32.0 Å². The molecule has 4 rings (SSSR count). The molecule has 6 heteroatoms. The first-order valence-corrected chi connectivity index (χ1v) is 11.2. The number of pyridine rings is 1. The second-order valence-corrected chi connectivity index (χ2v) is 9.01. The Labute approximate surface area is 193 Å². The summed E-state index contributed by atoms with van der Waals surface area (Å²) in [5.74, 6) is -0.783. The molecule has 0 aliphatic carbocycles. The third-order valence-electron chi connectivity index (χ3n) is 6.31. The number of hydrogen-bond donors (Lipinski definition) is 1. The monoisotopic (exact) mass is 445 g/mol. The van der Waals surface area contributed by atoms with Crippen LogP contribution in [-0.4, -0.2) is 41.3 Å². The van der Waals surface area contributed by atoms with Crippen molar-refractivity contribution in [2.24, 2.45) is 5.92 Å². The minimum atomic E-state index is -0.822. The Balaban J connectivity index is 1.49. The van der Waals surface area contributed by atoms with E-state index in [2.05, 4.69) is 10.3 Å². The molecular weight excluding hydrogens is 417 g/mol. The van der Waals surface area contributed by atoms with Crippen LogP contribution in [0.4, 0.5) is 4.39 Å². The van der Waals surface area contributed by atoms with Crippen molar-refractivity contribution >= 4 is 11.8 Å². The first kappa shape index (κ1) is 22.6. The zero-order valence-electron chi connectivity index (χ0n) is 18.9. The van der Waals surface area contributed by atoms with Gasteiger partial charge in [0.25, 0.3) is 0 Å². The maximum absolute atomic E-state index is 13.5. The number of carbonyl (C=O) groups excluding carboxylic acids is 2. The van der Waals surface area contributed by atoms with Crippen LogP contribution in [0.3, 0.4) is 0 Å². The molecule has 33 heavy (non-hydrogen) atoms. The van der Waals surface area contributed by atoms with E-state index in [0.717, 1.165) is 22.3 Å². The third kappa shape index (κ3) is 5.11. The first-order valence-electron chi connectivity index (χ1n) is 11.2. The zero-order valence-corrected chi connectivity index (χ0v) is 18.9. The maximum Gasteiger partial charge on any atom is 0.232 e. The van der Waals surface area contributed by atoms with E-state index in [4.69, 9.17) is 0 Å². The standard InChI is InChI=1S/C27H28FN3O2/c1-27(2,23-9-11-24(28)12-10-23)26(33)31-15-14-30-25(32)22(18-31)16-19-5-7-20(8-6-19)21-4-3-13-29-17-21/h3-13,17,22H,14-16,18H2,1-2H3,(H,30,32). The van der Waals surface area contributed by atoms with Gasteiger partial charge in [-0.1, -0.05) is 42.5 Å². The summed E-state index contributed by atoms with van der Waals surface area (Å²) in [5, 5.41) is 2.94. The average molecular weight is 446 g/mol. The Morgan fingerprint density at radius 3 is 2.48 bits per heavy atom. The van der Waals surface area contributed by atoms with Gasteiger partial charge in [0.05, 0.1) is 11.3 Å². The van der Waals surface area contributed by atoms with Crippen molar-refractivity contribution in [2.45, 2.75) is 25.7 Å². The number of benzene rings is 2. The molecule has 2 aromatic carbocycles. The number of amides is 2. The topological polar surface area (TPSA) is 62.3 Å². The molecule has 1 aliphatic heterocycles. The summed E-state index contributed by atoms with van der Waals surface area (Å²) in [7, 11) is 0. The van der Waals surface area contributed by atoms with Crippen LogP contribution in [0, 0.1) is 11.7 Å². The van der Waals surface area contributed by atoms with Gasteiger partial charge in [-0.25, -0.2) is 4.39 Å². The van der Waals surface area contributed by atoms with Gasteiger partial charge in [-0.15, -0.1) is 0 Å². The van der Waals surface area contributed by atoms with Crippen molar-refractivity contribution in [3.8, 4) is 11.1 Å². The average Bonchev–Trinajstić information content (AvgIpc) is 3.01. The summed E-state index contributed by atoms with van der Waals surface area (Å²) < 4.78 is 13.4. The van der Waals surface area contributed by atoms with Crippen LogP contribution in [0.5, 0.6) is 0 Å². The number of hydrogen-bond acceptors (Lipinski definition) is 3. The van der Waals surface area contributed by atoms with Crippen molar-refractivity contribution in [3.05, 3.63) is 90.0 Å². The molecule has 1 fully saturated rings. The Hall–Kier alpha value is -3.54. The van der Waals surface area contributed by atoms with Crippen LogP contribution in [0.25, 0.3) is 11.1 Å². The number of nitrogens with one attached hydrogen (secondary N) is 1. The predicted molar refractivity (Wildman–Crippen MR) is 126 cm³/mol. The van der Waals surface area contributed by atoms with Gasteiger partial charge in [-0.3, -0.25) is 14.6 Å². The van der Waals surface area contributed by atoms with Gasteiger partial charge >= 0.3 is 0 Å². The highest BCUT2D eigenvalue weighted by Gasteiger charge is 2.36. The van der Waals surface area contributed by atoms with Gasteiger partial charge < -0.3 is 10.2 Å². The molecule has 1 unspecified atom stereocenters. The molecule has 1 N–H and O–H groups in total. The lowest BCUT2D eigenvalue weighted by molar-refractivity contribution is -0.137. The molecule has 0 radical (unpaired) electrons. The summed E-state index contributed by atoms with van der Waals surface area (Å²) in [5.41, 5.74) is 3.07. The van der Waals surface area contributed by atoms with Crippen LogP contribution >= 0.6 is 0 Å². The van der Waals surface area contributed by atoms with Crippen LogP contribution in [-0.2, 0) is 21.4 Å². The Kier molecular flexibility index (Phi) is 6.54. The molecule has 0 saturated carbocycles. The predicted octanol–water partition coefficient (Wildman–Crippen LogP) is 3.98. The molecule has 1 atom stereocenters. The highest BCUT2D eigenvalue weighted by Crippen LogP contribution is 2.27. The largest absolute Gasteiger partial charge is 0.354 e. The lowest BCUT2D eigenvalue weighted by Gasteiger charge is -2.32. The fourth-order valence-electron chi connectivity index (χ4n) is 4.28. The highest BCUT2D eigenvalue weighted by atomic mass is 19.1. The smallest absolute Gasteiger partial charge is 0.232 e. The molecule has 2 heterocycles.